The van der Waals surface area contributed by atoms with Crippen molar-refractivity contribution in [3.05, 3.63) is 29.3 Å². The van der Waals surface area contributed by atoms with Crippen LogP contribution in [-0.4, -0.2) is 39.3 Å². The summed E-state index contributed by atoms with van der Waals surface area (Å²) >= 11 is -3.53. The van der Waals surface area contributed by atoms with Crippen molar-refractivity contribution < 1.29 is 39.5 Å². The van der Waals surface area contributed by atoms with Crippen LogP contribution in [0.25, 0.3) is 0 Å². The standard InChI is InChI=1S/C15H13F6NO3S/c16-14(17,18)13(23)22-5-1-2-10-11-7-9(25-26(24)15(19,20)21)4-3-8(11)6-12(10)22/h3-4,7,10,12H,1-2,5-6H2/t10-,12+,26?/m1/s1. The number of piperidine rings is 1. The lowest BCUT2D eigenvalue weighted by Crippen LogP contribution is -2.51. The molecule has 0 saturated carbocycles. The van der Waals surface area contributed by atoms with E-state index in [1.54, 1.807) is 0 Å². The highest BCUT2D eigenvalue weighted by molar-refractivity contribution is 7.81. The highest BCUT2D eigenvalue weighted by atomic mass is 32.2. The molecular weight excluding hydrogens is 388 g/mol. The molecule has 1 aliphatic heterocycles. The smallest absolute Gasteiger partial charge is 0.394 e. The fraction of sp³-hybridized carbons (Fsp3) is 0.533. The third kappa shape index (κ3) is 3.53. The number of nitrogens with zero attached hydrogens (tertiary/aromatic N) is 1. The molecule has 2 aliphatic rings. The molecule has 3 rings (SSSR count). The van der Waals surface area contributed by atoms with Crippen molar-refractivity contribution in [2.75, 3.05) is 6.54 Å². The first-order chi connectivity index (χ1) is 12.0. The lowest BCUT2D eigenvalue weighted by molar-refractivity contribution is -0.189. The van der Waals surface area contributed by atoms with Crippen molar-refractivity contribution >= 4 is 17.0 Å². The average molecular weight is 401 g/mol. The second-order valence-corrected chi connectivity index (χ2v) is 7.24. The maximum atomic E-state index is 12.8. The van der Waals surface area contributed by atoms with Crippen LogP contribution in [0.2, 0.25) is 0 Å². The van der Waals surface area contributed by atoms with Crippen LogP contribution in [0.5, 0.6) is 5.75 Å². The summed E-state index contributed by atoms with van der Waals surface area (Å²) in [4.78, 5) is 12.4. The lowest BCUT2D eigenvalue weighted by Gasteiger charge is -2.38. The van der Waals surface area contributed by atoms with Gasteiger partial charge in [-0.25, -0.2) is 4.21 Å². The predicted octanol–water partition coefficient (Wildman–Crippen LogP) is 3.44. The summed E-state index contributed by atoms with van der Waals surface area (Å²) in [6, 6.07) is 3.20. The number of amides is 1. The summed E-state index contributed by atoms with van der Waals surface area (Å²) in [6.07, 6.45) is -3.94. The molecule has 1 fully saturated rings. The average Bonchev–Trinajstić information content (AvgIpc) is 2.90. The van der Waals surface area contributed by atoms with E-state index < -0.39 is 40.6 Å². The lowest BCUT2D eigenvalue weighted by atomic mass is 9.88. The van der Waals surface area contributed by atoms with E-state index in [1.165, 1.54) is 18.2 Å². The molecule has 1 saturated heterocycles. The molecule has 1 heterocycles. The zero-order chi connectivity index (χ0) is 19.3. The number of halogens is 6. The number of hydrogen-bond acceptors (Lipinski definition) is 3. The van der Waals surface area contributed by atoms with E-state index in [0.29, 0.717) is 24.0 Å². The minimum absolute atomic E-state index is 0.0189. The van der Waals surface area contributed by atoms with Crippen molar-refractivity contribution in [3.8, 4) is 5.75 Å². The Morgan fingerprint density at radius 3 is 2.50 bits per heavy atom. The van der Waals surface area contributed by atoms with Crippen LogP contribution in [0.3, 0.4) is 0 Å². The molecule has 0 radical (unpaired) electrons. The van der Waals surface area contributed by atoms with Crippen molar-refractivity contribution in [3.63, 3.8) is 0 Å². The largest absolute Gasteiger partial charge is 0.508 e. The molecule has 4 nitrogen and oxygen atoms in total. The number of alkyl halides is 6. The summed E-state index contributed by atoms with van der Waals surface area (Å²) < 4.78 is 90.9. The number of fused-ring (bicyclic) bond motifs is 3. The minimum atomic E-state index is -5.04. The van der Waals surface area contributed by atoms with Crippen LogP contribution < -0.4 is 4.18 Å². The molecule has 0 bridgehead atoms. The van der Waals surface area contributed by atoms with Crippen molar-refractivity contribution in [1.82, 2.24) is 4.90 Å². The summed E-state index contributed by atoms with van der Waals surface area (Å²) in [6.45, 7) is -0.0189. The van der Waals surface area contributed by atoms with Gasteiger partial charge in [-0.2, -0.15) is 26.3 Å². The van der Waals surface area contributed by atoms with Gasteiger partial charge in [0.2, 0.25) is 0 Å². The Morgan fingerprint density at radius 1 is 1.19 bits per heavy atom. The number of likely N-dealkylation sites (tertiary alicyclic amines) is 1. The van der Waals surface area contributed by atoms with E-state index in [9.17, 15) is 35.3 Å². The van der Waals surface area contributed by atoms with E-state index in [1.807, 2.05) is 0 Å². The van der Waals surface area contributed by atoms with Gasteiger partial charge in [-0.1, -0.05) is 6.07 Å². The maximum absolute atomic E-state index is 12.8. The topological polar surface area (TPSA) is 46.6 Å². The second-order valence-electron chi connectivity index (χ2n) is 6.14. The van der Waals surface area contributed by atoms with Crippen molar-refractivity contribution in [2.45, 2.75) is 42.9 Å². The van der Waals surface area contributed by atoms with Crippen LogP contribution in [0, 0.1) is 0 Å². The molecule has 0 N–H and O–H groups in total. The number of carbonyl (C=O) groups is 1. The summed E-state index contributed by atoms with van der Waals surface area (Å²) in [5.74, 6) is -2.61. The van der Waals surface area contributed by atoms with Crippen LogP contribution in [0.1, 0.15) is 29.9 Å². The molecule has 1 aromatic carbocycles. The molecule has 0 spiro atoms. The van der Waals surface area contributed by atoms with Gasteiger partial charge in [0.1, 0.15) is 5.75 Å². The Balaban J connectivity index is 1.84. The molecule has 26 heavy (non-hydrogen) atoms. The maximum Gasteiger partial charge on any atom is 0.508 e. The van der Waals surface area contributed by atoms with Gasteiger partial charge >= 0.3 is 28.7 Å². The number of benzene rings is 1. The molecule has 1 unspecified atom stereocenters. The SMILES string of the molecule is O=C(N1CCC[C@@H]2c3cc(OS(=O)C(F)(F)F)ccc3C[C@@H]21)C(F)(F)F. The number of carbonyl (C=O) groups excluding carboxylic acids is 1. The first-order valence-corrected chi connectivity index (χ1v) is 8.73. The highest BCUT2D eigenvalue weighted by Gasteiger charge is 2.49. The van der Waals surface area contributed by atoms with Crippen molar-refractivity contribution in [2.24, 2.45) is 0 Å². The molecule has 3 atom stereocenters. The van der Waals surface area contributed by atoms with Gasteiger partial charge in [-0.15, -0.1) is 0 Å². The molecule has 144 valence electrons. The summed E-state index contributed by atoms with van der Waals surface area (Å²) in [7, 11) is 0. The van der Waals surface area contributed by atoms with E-state index in [-0.39, 0.29) is 18.7 Å². The van der Waals surface area contributed by atoms with Gasteiger partial charge in [-0.3, -0.25) is 4.79 Å². The van der Waals surface area contributed by atoms with Crippen LogP contribution in [-0.2, 0) is 22.3 Å². The van der Waals surface area contributed by atoms with Gasteiger partial charge in [0.15, 0.2) is 0 Å². The first kappa shape index (κ1) is 19.0. The van der Waals surface area contributed by atoms with E-state index in [4.69, 9.17) is 0 Å². The quantitative estimate of drug-likeness (QED) is 0.714. The third-order valence-electron chi connectivity index (χ3n) is 4.59. The van der Waals surface area contributed by atoms with Crippen LogP contribution >= 0.6 is 0 Å². The zero-order valence-electron chi connectivity index (χ0n) is 13.1. The Morgan fingerprint density at radius 2 is 1.88 bits per heavy atom. The van der Waals surface area contributed by atoms with Gasteiger partial charge < -0.3 is 9.08 Å². The Labute approximate surface area is 146 Å². The normalized spacial score (nSPS) is 24.0. The Bertz CT molecular complexity index is 748. The molecule has 1 amide bonds. The minimum Gasteiger partial charge on any atom is -0.394 e. The van der Waals surface area contributed by atoms with Crippen molar-refractivity contribution in [1.29, 1.82) is 0 Å². The van der Waals surface area contributed by atoms with Gasteiger partial charge in [0.05, 0.1) is 0 Å². The van der Waals surface area contributed by atoms with E-state index in [0.717, 1.165) is 4.90 Å². The predicted molar refractivity (Wildman–Crippen MR) is 78.5 cm³/mol. The molecule has 11 heteroatoms. The van der Waals surface area contributed by atoms with Crippen LogP contribution in [0.4, 0.5) is 26.3 Å². The monoisotopic (exact) mass is 401 g/mol. The molecule has 0 aromatic heterocycles. The van der Waals surface area contributed by atoms with Crippen LogP contribution in [0.15, 0.2) is 18.2 Å². The van der Waals surface area contributed by atoms with Gasteiger partial charge in [0, 0.05) is 18.5 Å². The fourth-order valence-corrected chi connectivity index (χ4v) is 3.98. The number of hydrogen-bond donors (Lipinski definition) is 0. The fourth-order valence-electron chi connectivity index (χ4n) is 3.60. The highest BCUT2D eigenvalue weighted by Crippen LogP contribution is 2.44. The number of rotatable bonds is 2. The Kier molecular flexibility index (Phi) is 4.70. The third-order valence-corrected chi connectivity index (χ3v) is 5.31. The second kappa shape index (κ2) is 6.43. The molecule has 1 aromatic rings. The molecule has 1 aliphatic carbocycles. The van der Waals surface area contributed by atoms with E-state index >= 15 is 0 Å². The first-order valence-electron chi connectivity index (χ1n) is 7.66. The zero-order valence-corrected chi connectivity index (χ0v) is 13.9. The van der Waals surface area contributed by atoms with E-state index in [2.05, 4.69) is 4.18 Å². The summed E-state index contributed by atoms with van der Waals surface area (Å²) in [5, 5.41) is 0. The Hall–Kier alpha value is -1.78. The molecular formula is C15H13F6NO3S. The van der Waals surface area contributed by atoms with Gasteiger partial charge in [-0.05, 0) is 42.5 Å². The summed E-state index contributed by atoms with van der Waals surface area (Å²) in [5.41, 5.74) is -3.86. The van der Waals surface area contributed by atoms with Gasteiger partial charge in [0.25, 0.3) is 0 Å².